The summed E-state index contributed by atoms with van der Waals surface area (Å²) in [7, 11) is 1.53. The summed E-state index contributed by atoms with van der Waals surface area (Å²) in [5, 5.41) is 15.5. The first-order valence-electron chi connectivity index (χ1n) is 9.42. The number of methoxy groups -OCH3 is 1. The zero-order valence-corrected chi connectivity index (χ0v) is 18.3. The Morgan fingerprint density at radius 1 is 1.00 bits per heavy atom. The van der Waals surface area contributed by atoms with E-state index in [0.717, 1.165) is 11.3 Å². The molecule has 31 heavy (non-hydrogen) atoms. The molecule has 0 aliphatic rings. The number of benzene rings is 3. The molecule has 3 aromatic carbocycles. The van der Waals surface area contributed by atoms with E-state index in [2.05, 4.69) is 5.10 Å². The molecule has 0 atom stereocenters. The second kappa shape index (κ2) is 8.46. The summed E-state index contributed by atoms with van der Waals surface area (Å²) in [4.78, 5) is 12.3. The molecule has 0 unspecified atom stereocenters. The monoisotopic (exact) mass is 452 g/mol. The maximum Gasteiger partial charge on any atom is 0.357 e. The molecule has 4 aromatic rings. The van der Waals surface area contributed by atoms with E-state index in [1.54, 1.807) is 35.0 Å². The Morgan fingerprint density at radius 3 is 2.42 bits per heavy atom. The second-order valence-electron chi connectivity index (χ2n) is 6.98. The van der Waals surface area contributed by atoms with Gasteiger partial charge in [0, 0.05) is 26.7 Å². The largest absolute Gasteiger partial charge is 0.496 e. The Hall–Kier alpha value is -3.28. The van der Waals surface area contributed by atoms with E-state index in [0.29, 0.717) is 38.2 Å². The van der Waals surface area contributed by atoms with Gasteiger partial charge >= 0.3 is 5.97 Å². The van der Waals surface area contributed by atoms with E-state index in [9.17, 15) is 9.90 Å². The predicted molar refractivity (Wildman–Crippen MR) is 123 cm³/mol. The van der Waals surface area contributed by atoms with Gasteiger partial charge < -0.3 is 9.84 Å². The Bertz CT molecular complexity index is 1300. The lowest BCUT2D eigenvalue weighted by atomic mass is 9.97. The van der Waals surface area contributed by atoms with Crippen LogP contribution in [0, 0.1) is 6.92 Å². The van der Waals surface area contributed by atoms with Crippen LogP contribution in [-0.2, 0) is 0 Å². The minimum Gasteiger partial charge on any atom is -0.496 e. The van der Waals surface area contributed by atoms with Gasteiger partial charge in [0.15, 0.2) is 5.69 Å². The zero-order chi connectivity index (χ0) is 22.1. The molecule has 0 saturated carbocycles. The number of carboxylic acids is 1. The van der Waals surface area contributed by atoms with Gasteiger partial charge in [-0.2, -0.15) is 5.10 Å². The number of carboxylic acid groups (broad SMARTS) is 1. The van der Waals surface area contributed by atoms with Gasteiger partial charge in [0.05, 0.1) is 18.5 Å². The minimum atomic E-state index is -1.16. The number of nitrogens with zero attached hydrogens (tertiary/aromatic N) is 2. The fraction of sp³-hybridized carbons (Fsp3) is 0.0833. The van der Waals surface area contributed by atoms with Crippen LogP contribution < -0.4 is 4.74 Å². The fourth-order valence-electron chi connectivity index (χ4n) is 3.55. The highest BCUT2D eigenvalue weighted by molar-refractivity contribution is 6.31. The summed E-state index contributed by atoms with van der Waals surface area (Å²) in [5.41, 5.74) is 3.85. The van der Waals surface area contributed by atoms with Crippen molar-refractivity contribution in [3.05, 3.63) is 88.0 Å². The van der Waals surface area contributed by atoms with Crippen LogP contribution in [0.2, 0.25) is 10.0 Å². The summed E-state index contributed by atoms with van der Waals surface area (Å²) in [6.45, 7) is 1.96. The van der Waals surface area contributed by atoms with Crippen molar-refractivity contribution in [2.75, 3.05) is 7.11 Å². The molecular weight excluding hydrogens is 435 g/mol. The Balaban J connectivity index is 2.16. The number of aromatic carboxylic acids is 1. The molecule has 7 heteroatoms. The van der Waals surface area contributed by atoms with Crippen molar-refractivity contribution >= 4 is 29.2 Å². The maximum absolute atomic E-state index is 12.3. The van der Waals surface area contributed by atoms with E-state index in [1.807, 2.05) is 43.3 Å². The normalized spacial score (nSPS) is 10.8. The summed E-state index contributed by atoms with van der Waals surface area (Å²) >= 11 is 12.6. The molecule has 4 rings (SSSR count). The Kier molecular flexibility index (Phi) is 5.72. The summed E-state index contributed by atoms with van der Waals surface area (Å²) in [6, 6.07) is 19.9. The van der Waals surface area contributed by atoms with Crippen LogP contribution in [0.25, 0.3) is 28.1 Å². The highest BCUT2D eigenvalue weighted by Crippen LogP contribution is 2.42. The maximum atomic E-state index is 12.3. The number of ether oxygens (including phenoxy) is 1. The molecule has 1 N–H and O–H groups in total. The van der Waals surface area contributed by atoms with Gasteiger partial charge in [-0.1, -0.05) is 47.5 Å². The number of hydrogen-bond donors (Lipinski definition) is 1. The SMILES string of the molecule is COc1ccc(Cl)cc1-c1c(C(=O)O)nn(-c2cccc(C)c2)c1-c1cccc(Cl)c1. The van der Waals surface area contributed by atoms with E-state index < -0.39 is 5.97 Å². The quantitative estimate of drug-likeness (QED) is 0.373. The molecule has 5 nitrogen and oxygen atoms in total. The highest BCUT2D eigenvalue weighted by atomic mass is 35.5. The zero-order valence-electron chi connectivity index (χ0n) is 16.8. The molecule has 0 amide bonds. The molecule has 1 aromatic heterocycles. The molecule has 0 radical (unpaired) electrons. The van der Waals surface area contributed by atoms with Crippen LogP contribution in [-0.4, -0.2) is 28.0 Å². The van der Waals surface area contributed by atoms with Crippen LogP contribution >= 0.6 is 23.2 Å². The number of aromatic nitrogens is 2. The molecule has 0 spiro atoms. The molecule has 0 bridgehead atoms. The first kappa shape index (κ1) is 21.0. The minimum absolute atomic E-state index is 0.114. The third-order valence-corrected chi connectivity index (χ3v) is 5.33. The first-order valence-corrected chi connectivity index (χ1v) is 10.2. The molecule has 0 fully saturated rings. The van der Waals surface area contributed by atoms with E-state index in [1.165, 1.54) is 7.11 Å². The van der Waals surface area contributed by atoms with E-state index in [4.69, 9.17) is 27.9 Å². The van der Waals surface area contributed by atoms with E-state index >= 15 is 0 Å². The molecular formula is C24H18Cl2N2O3. The van der Waals surface area contributed by atoms with Gasteiger partial charge in [0.1, 0.15) is 5.75 Å². The van der Waals surface area contributed by atoms with Gasteiger partial charge in [0.25, 0.3) is 0 Å². The molecule has 156 valence electrons. The number of carbonyl (C=O) groups is 1. The highest BCUT2D eigenvalue weighted by Gasteiger charge is 2.28. The topological polar surface area (TPSA) is 64.3 Å². The van der Waals surface area contributed by atoms with Crippen LogP contribution in [0.15, 0.2) is 66.7 Å². The van der Waals surface area contributed by atoms with Crippen molar-refractivity contribution in [1.29, 1.82) is 0 Å². The van der Waals surface area contributed by atoms with Gasteiger partial charge in [-0.25, -0.2) is 9.48 Å². The lowest BCUT2D eigenvalue weighted by Gasteiger charge is -2.13. The van der Waals surface area contributed by atoms with Crippen LogP contribution in [0.3, 0.4) is 0 Å². The molecule has 0 aliphatic carbocycles. The van der Waals surface area contributed by atoms with Gasteiger partial charge in [-0.15, -0.1) is 0 Å². The Morgan fingerprint density at radius 2 is 1.74 bits per heavy atom. The van der Waals surface area contributed by atoms with Crippen LogP contribution in [0.1, 0.15) is 16.1 Å². The van der Waals surface area contributed by atoms with Crippen molar-refractivity contribution in [3.63, 3.8) is 0 Å². The summed E-state index contributed by atoms with van der Waals surface area (Å²) in [6.07, 6.45) is 0. The smallest absolute Gasteiger partial charge is 0.357 e. The molecule has 0 saturated heterocycles. The van der Waals surface area contributed by atoms with E-state index in [-0.39, 0.29) is 5.69 Å². The standard InChI is InChI=1S/C24H18Cl2N2O3/c1-14-5-3-8-18(11-14)28-23(15-6-4-7-16(25)12-15)21(22(27-28)24(29)30)19-13-17(26)9-10-20(19)31-2/h3-13H,1-2H3,(H,29,30). The summed E-state index contributed by atoms with van der Waals surface area (Å²) in [5.74, 6) is -0.675. The summed E-state index contributed by atoms with van der Waals surface area (Å²) < 4.78 is 7.15. The van der Waals surface area contributed by atoms with Gasteiger partial charge in [-0.3, -0.25) is 0 Å². The number of aryl methyl sites for hydroxylation is 1. The average molecular weight is 453 g/mol. The molecule has 1 heterocycles. The van der Waals surface area contributed by atoms with Crippen LogP contribution in [0.5, 0.6) is 5.75 Å². The lowest BCUT2D eigenvalue weighted by Crippen LogP contribution is -2.02. The third kappa shape index (κ3) is 4.02. The number of halogens is 2. The van der Waals surface area contributed by atoms with Crippen molar-refractivity contribution < 1.29 is 14.6 Å². The molecule has 0 aliphatic heterocycles. The van der Waals surface area contributed by atoms with Crippen molar-refractivity contribution in [2.24, 2.45) is 0 Å². The predicted octanol–water partition coefficient (Wildman–Crippen LogP) is 6.53. The van der Waals surface area contributed by atoms with Crippen molar-refractivity contribution in [2.45, 2.75) is 6.92 Å². The Labute approximate surface area is 189 Å². The van der Waals surface area contributed by atoms with Crippen molar-refractivity contribution in [1.82, 2.24) is 9.78 Å². The second-order valence-corrected chi connectivity index (χ2v) is 7.86. The fourth-order valence-corrected chi connectivity index (χ4v) is 3.91. The van der Waals surface area contributed by atoms with Gasteiger partial charge in [0.2, 0.25) is 0 Å². The van der Waals surface area contributed by atoms with Gasteiger partial charge in [-0.05, 0) is 55.0 Å². The average Bonchev–Trinajstić information content (AvgIpc) is 3.14. The van der Waals surface area contributed by atoms with Crippen molar-refractivity contribution in [3.8, 4) is 33.8 Å². The first-order chi connectivity index (χ1) is 14.9. The number of rotatable bonds is 5. The lowest BCUT2D eigenvalue weighted by molar-refractivity contribution is 0.0691. The van der Waals surface area contributed by atoms with Crippen LogP contribution in [0.4, 0.5) is 0 Å². The number of hydrogen-bond acceptors (Lipinski definition) is 3. The third-order valence-electron chi connectivity index (χ3n) is 4.86.